The maximum atomic E-state index is 12.5. The minimum absolute atomic E-state index is 0.0571. The zero-order valence-electron chi connectivity index (χ0n) is 19.0. The fourth-order valence-corrected chi connectivity index (χ4v) is 5.11. The molecule has 2 aliphatic heterocycles. The summed E-state index contributed by atoms with van der Waals surface area (Å²) >= 11 is 0. The van der Waals surface area contributed by atoms with Crippen molar-refractivity contribution in [1.82, 2.24) is 9.88 Å². The molecule has 1 aromatic carbocycles. The summed E-state index contributed by atoms with van der Waals surface area (Å²) in [4.78, 5) is 11.7. The van der Waals surface area contributed by atoms with Crippen molar-refractivity contribution in [3.63, 3.8) is 0 Å². The van der Waals surface area contributed by atoms with Crippen LogP contribution in [0.3, 0.4) is 0 Å². The van der Waals surface area contributed by atoms with Gasteiger partial charge in [0.15, 0.2) is 9.84 Å². The van der Waals surface area contributed by atoms with E-state index in [9.17, 15) is 8.42 Å². The lowest BCUT2D eigenvalue weighted by Crippen LogP contribution is -2.35. The monoisotopic (exact) mass is 454 g/mol. The molecule has 0 radical (unpaired) electrons. The molecule has 2 atom stereocenters. The van der Waals surface area contributed by atoms with Crippen LogP contribution in [0.1, 0.15) is 36.0 Å². The molecule has 32 heavy (non-hydrogen) atoms. The third kappa shape index (κ3) is 4.42. The summed E-state index contributed by atoms with van der Waals surface area (Å²) < 4.78 is 31.0. The van der Waals surface area contributed by atoms with Crippen molar-refractivity contribution in [2.45, 2.75) is 37.1 Å². The van der Waals surface area contributed by atoms with Gasteiger partial charge in [-0.3, -0.25) is 0 Å². The van der Waals surface area contributed by atoms with Gasteiger partial charge in [0.2, 0.25) is 5.90 Å². The summed E-state index contributed by atoms with van der Waals surface area (Å²) in [6, 6.07) is 9.10. The number of anilines is 1. The molecule has 2 unspecified atom stereocenters. The molecule has 0 fully saturated rings. The average Bonchev–Trinajstić information content (AvgIpc) is 3.15. The third-order valence-electron chi connectivity index (χ3n) is 5.85. The highest BCUT2D eigenvalue weighted by atomic mass is 32.2. The quantitative estimate of drug-likeness (QED) is 0.645. The van der Waals surface area contributed by atoms with Crippen LogP contribution in [-0.4, -0.2) is 63.2 Å². The Balaban J connectivity index is 1.72. The van der Waals surface area contributed by atoms with Gasteiger partial charge >= 0.3 is 0 Å². The minimum Gasteiger partial charge on any atom is -0.479 e. The topological polar surface area (TPSA) is 83.9 Å². The standard InChI is InChI=1S/C24H30N4O3S/c1-5-32(29,30)18-9-6-8-17(13-18)20-15-26-24(31-11-7-10-28(3)4)22-21(20)19-12-16(2)14-25-23(19)27-22/h6,8-9,12-15,21-22H,5,7,10-11H2,1-4H3,(H,25,27). The Kier molecular flexibility index (Phi) is 6.35. The molecule has 0 spiro atoms. The molecule has 170 valence electrons. The third-order valence-corrected chi connectivity index (χ3v) is 7.58. The van der Waals surface area contributed by atoms with E-state index >= 15 is 0 Å². The zero-order chi connectivity index (χ0) is 22.9. The molecule has 0 saturated heterocycles. The number of aryl methyl sites for hydroxylation is 1. The van der Waals surface area contributed by atoms with E-state index in [0.29, 0.717) is 17.4 Å². The predicted molar refractivity (Wildman–Crippen MR) is 128 cm³/mol. The lowest BCUT2D eigenvalue weighted by atomic mass is 9.83. The average molecular weight is 455 g/mol. The smallest absolute Gasteiger partial charge is 0.212 e. The Bertz CT molecular complexity index is 1170. The van der Waals surface area contributed by atoms with Crippen molar-refractivity contribution in [1.29, 1.82) is 0 Å². The van der Waals surface area contributed by atoms with Crippen molar-refractivity contribution in [3.05, 3.63) is 59.4 Å². The first-order valence-electron chi connectivity index (χ1n) is 10.9. The number of nitrogens with zero attached hydrogens (tertiary/aromatic N) is 3. The van der Waals surface area contributed by atoms with Crippen LogP contribution in [0, 0.1) is 6.92 Å². The van der Waals surface area contributed by atoms with E-state index in [4.69, 9.17) is 4.74 Å². The second-order valence-electron chi connectivity index (χ2n) is 8.54. The van der Waals surface area contributed by atoms with Gasteiger partial charge in [-0.05, 0) is 56.3 Å². The molecule has 7 nitrogen and oxygen atoms in total. The Morgan fingerprint density at radius 3 is 2.78 bits per heavy atom. The normalized spacial score (nSPS) is 19.7. The maximum Gasteiger partial charge on any atom is 0.212 e. The molecule has 0 aliphatic carbocycles. The van der Waals surface area contributed by atoms with E-state index in [-0.39, 0.29) is 17.7 Å². The zero-order valence-corrected chi connectivity index (χ0v) is 19.8. The highest BCUT2D eigenvalue weighted by Gasteiger charge is 2.42. The van der Waals surface area contributed by atoms with Crippen molar-refractivity contribution in [2.75, 3.05) is 38.3 Å². The van der Waals surface area contributed by atoms with Crippen LogP contribution >= 0.6 is 0 Å². The van der Waals surface area contributed by atoms with Gasteiger partial charge in [-0.2, -0.15) is 0 Å². The molecule has 0 bridgehead atoms. The van der Waals surface area contributed by atoms with Crippen molar-refractivity contribution < 1.29 is 13.2 Å². The van der Waals surface area contributed by atoms with Gasteiger partial charge in [-0.15, -0.1) is 0 Å². The van der Waals surface area contributed by atoms with Gasteiger partial charge in [0, 0.05) is 30.4 Å². The van der Waals surface area contributed by atoms with Gasteiger partial charge in [0.1, 0.15) is 11.9 Å². The Hall–Kier alpha value is -2.71. The molecule has 1 aromatic heterocycles. The van der Waals surface area contributed by atoms with Gasteiger partial charge in [-0.1, -0.05) is 25.1 Å². The number of fused-ring (bicyclic) bond motifs is 3. The summed E-state index contributed by atoms with van der Waals surface area (Å²) in [7, 11) is 0.781. The number of ether oxygens (including phenoxy) is 1. The number of sulfone groups is 1. The van der Waals surface area contributed by atoms with Gasteiger partial charge in [-0.25, -0.2) is 18.4 Å². The molecule has 4 rings (SSSR count). The van der Waals surface area contributed by atoms with E-state index in [1.54, 1.807) is 25.1 Å². The van der Waals surface area contributed by atoms with Gasteiger partial charge < -0.3 is 15.0 Å². The van der Waals surface area contributed by atoms with Crippen LogP contribution < -0.4 is 5.32 Å². The SMILES string of the molecule is CCS(=O)(=O)c1cccc(C2=CN=C(OCCCN(C)C)C3Nc4ncc(C)cc4C23)c1. The summed E-state index contributed by atoms with van der Waals surface area (Å²) in [5.74, 6) is 1.47. The first-order chi connectivity index (χ1) is 15.3. The Labute approximate surface area is 190 Å². The summed E-state index contributed by atoms with van der Waals surface area (Å²) in [5.41, 5.74) is 3.96. The van der Waals surface area contributed by atoms with Crippen LogP contribution in [-0.2, 0) is 14.6 Å². The molecule has 0 saturated carbocycles. The largest absolute Gasteiger partial charge is 0.479 e. The highest BCUT2D eigenvalue weighted by molar-refractivity contribution is 7.91. The van der Waals surface area contributed by atoms with E-state index in [1.165, 1.54) is 0 Å². The van der Waals surface area contributed by atoms with Crippen LogP contribution in [0.4, 0.5) is 5.82 Å². The number of rotatable bonds is 7. The summed E-state index contributed by atoms with van der Waals surface area (Å²) in [5, 5.41) is 3.48. The number of aliphatic imine (C=N–C) groups is 1. The van der Waals surface area contributed by atoms with E-state index in [0.717, 1.165) is 41.0 Å². The Morgan fingerprint density at radius 1 is 1.22 bits per heavy atom. The fraction of sp³-hybridized carbons (Fsp3) is 0.417. The number of hydrogen-bond donors (Lipinski definition) is 1. The van der Waals surface area contributed by atoms with Crippen LogP contribution in [0.5, 0.6) is 0 Å². The number of nitrogens with one attached hydrogen (secondary N) is 1. The van der Waals surface area contributed by atoms with Crippen LogP contribution in [0.25, 0.3) is 5.57 Å². The molecule has 0 amide bonds. The summed E-state index contributed by atoms with van der Waals surface area (Å²) in [6.45, 7) is 5.20. The molecular formula is C24H30N4O3S. The van der Waals surface area contributed by atoms with E-state index in [2.05, 4.69) is 26.3 Å². The minimum atomic E-state index is -3.30. The van der Waals surface area contributed by atoms with Gasteiger partial charge in [0.05, 0.1) is 17.3 Å². The molecule has 2 aliphatic rings. The van der Waals surface area contributed by atoms with E-state index in [1.807, 2.05) is 39.5 Å². The molecule has 8 heteroatoms. The Morgan fingerprint density at radius 2 is 2.03 bits per heavy atom. The molecule has 2 aromatic rings. The number of benzene rings is 1. The van der Waals surface area contributed by atoms with Gasteiger partial charge in [0.25, 0.3) is 0 Å². The maximum absolute atomic E-state index is 12.5. The first-order valence-corrected chi connectivity index (χ1v) is 12.6. The second kappa shape index (κ2) is 9.03. The van der Waals surface area contributed by atoms with Crippen molar-refractivity contribution in [3.8, 4) is 0 Å². The lowest BCUT2D eigenvalue weighted by molar-refractivity contribution is 0.261. The van der Waals surface area contributed by atoms with Crippen LogP contribution in [0.2, 0.25) is 0 Å². The predicted octanol–water partition coefficient (Wildman–Crippen LogP) is 3.48. The fourth-order valence-electron chi connectivity index (χ4n) is 4.18. The number of pyridine rings is 1. The highest BCUT2D eigenvalue weighted by Crippen LogP contribution is 2.46. The first kappa shape index (κ1) is 22.5. The molecule has 3 heterocycles. The molecular weight excluding hydrogens is 424 g/mol. The molecule has 1 N–H and O–H groups in total. The van der Waals surface area contributed by atoms with Crippen LogP contribution in [0.15, 0.2) is 52.6 Å². The van der Waals surface area contributed by atoms with E-state index < -0.39 is 9.84 Å². The number of aromatic nitrogens is 1. The second-order valence-corrected chi connectivity index (χ2v) is 10.8. The number of hydrogen-bond acceptors (Lipinski definition) is 7. The van der Waals surface area contributed by atoms with Crippen molar-refractivity contribution >= 4 is 27.1 Å². The van der Waals surface area contributed by atoms with Crippen molar-refractivity contribution in [2.24, 2.45) is 4.99 Å². The summed E-state index contributed by atoms with van der Waals surface area (Å²) in [6.07, 6.45) is 4.57. The lowest BCUT2D eigenvalue weighted by Gasteiger charge is -2.28.